The molecule has 0 aliphatic heterocycles. The van der Waals surface area contributed by atoms with Gasteiger partial charge < -0.3 is 10.4 Å². The lowest BCUT2D eigenvalue weighted by molar-refractivity contribution is -0.384. The summed E-state index contributed by atoms with van der Waals surface area (Å²) in [4.78, 5) is 22.1. The lowest BCUT2D eigenvalue weighted by atomic mass is 10.1. The van der Waals surface area contributed by atoms with E-state index in [2.05, 4.69) is 5.32 Å². The van der Waals surface area contributed by atoms with Gasteiger partial charge >= 0.3 is 0 Å². The summed E-state index contributed by atoms with van der Waals surface area (Å²) in [5, 5.41) is 22.7. The quantitative estimate of drug-likeness (QED) is 0.670. The molecule has 0 aromatic heterocycles. The van der Waals surface area contributed by atoms with E-state index in [9.17, 15) is 20.0 Å². The number of hydrogen-bond acceptors (Lipinski definition) is 4. The van der Waals surface area contributed by atoms with Crippen LogP contribution in [0.25, 0.3) is 0 Å². The van der Waals surface area contributed by atoms with Gasteiger partial charge in [0.1, 0.15) is 10.8 Å². The van der Waals surface area contributed by atoms with Crippen molar-refractivity contribution in [1.29, 1.82) is 0 Å². The molecular formula is C14H11ClN2O4. The number of phenols is 1. The summed E-state index contributed by atoms with van der Waals surface area (Å²) in [7, 11) is 0. The highest BCUT2D eigenvalue weighted by Crippen LogP contribution is 2.26. The Morgan fingerprint density at radius 3 is 2.57 bits per heavy atom. The standard InChI is InChI=1S/C14H11ClN2O4/c1-8-2-4-10(7-13(8)18)16-14(19)9-3-5-12(17(20)21)11(15)6-9/h2-7,18H,1H3,(H,16,19). The molecule has 0 aliphatic rings. The summed E-state index contributed by atoms with van der Waals surface area (Å²) in [6.07, 6.45) is 0. The van der Waals surface area contributed by atoms with Crippen LogP contribution in [0.3, 0.4) is 0 Å². The lowest BCUT2D eigenvalue weighted by Gasteiger charge is -2.07. The second-order valence-electron chi connectivity index (χ2n) is 4.38. The van der Waals surface area contributed by atoms with E-state index in [1.54, 1.807) is 19.1 Å². The average Bonchev–Trinajstić information content (AvgIpc) is 2.42. The minimum Gasteiger partial charge on any atom is -0.508 e. The van der Waals surface area contributed by atoms with E-state index in [1.165, 1.54) is 24.3 Å². The van der Waals surface area contributed by atoms with E-state index in [-0.39, 0.29) is 22.0 Å². The number of carbonyl (C=O) groups excluding carboxylic acids is 1. The van der Waals surface area contributed by atoms with Crippen LogP contribution in [0.15, 0.2) is 36.4 Å². The molecule has 6 nitrogen and oxygen atoms in total. The van der Waals surface area contributed by atoms with Crippen LogP contribution in [0, 0.1) is 17.0 Å². The van der Waals surface area contributed by atoms with Gasteiger partial charge in [-0.3, -0.25) is 14.9 Å². The molecule has 0 aliphatic carbocycles. The number of anilines is 1. The molecule has 0 heterocycles. The number of nitro groups is 1. The third-order valence-electron chi connectivity index (χ3n) is 2.87. The number of halogens is 1. The van der Waals surface area contributed by atoms with Crippen LogP contribution in [0.1, 0.15) is 15.9 Å². The molecule has 0 fully saturated rings. The van der Waals surface area contributed by atoms with E-state index in [1.807, 2.05) is 0 Å². The summed E-state index contributed by atoms with van der Waals surface area (Å²) in [5.41, 5.74) is 1.02. The fraction of sp³-hybridized carbons (Fsp3) is 0.0714. The zero-order valence-corrected chi connectivity index (χ0v) is 11.7. The second kappa shape index (κ2) is 5.80. The summed E-state index contributed by atoms with van der Waals surface area (Å²) in [5.74, 6) is -0.412. The number of nitrogens with zero attached hydrogens (tertiary/aromatic N) is 1. The van der Waals surface area contributed by atoms with Gasteiger partial charge in [-0.25, -0.2) is 0 Å². The molecule has 0 unspecified atom stereocenters. The van der Waals surface area contributed by atoms with Crippen molar-refractivity contribution in [1.82, 2.24) is 0 Å². The molecule has 2 rings (SSSR count). The Morgan fingerprint density at radius 2 is 2.00 bits per heavy atom. The predicted octanol–water partition coefficient (Wildman–Crippen LogP) is 3.51. The first-order chi connectivity index (χ1) is 9.88. The van der Waals surface area contributed by atoms with Crippen molar-refractivity contribution in [2.24, 2.45) is 0 Å². The Balaban J connectivity index is 2.22. The Bertz CT molecular complexity index is 731. The third kappa shape index (κ3) is 3.29. The fourth-order valence-corrected chi connectivity index (χ4v) is 1.94. The van der Waals surface area contributed by atoms with Gasteiger partial charge in [0, 0.05) is 23.4 Å². The highest BCUT2D eigenvalue weighted by Gasteiger charge is 2.15. The molecule has 0 saturated heterocycles. The Kier molecular flexibility index (Phi) is 4.09. The monoisotopic (exact) mass is 306 g/mol. The molecule has 2 aromatic rings. The first-order valence-corrected chi connectivity index (χ1v) is 6.31. The van der Waals surface area contributed by atoms with Crippen molar-refractivity contribution in [2.45, 2.75) is 6.92 Å². The molecule has 21 heavy (non-hydrogen) atoms. The average molecular weight is 307 g/mol. The minimum absolute atomic E-state index is 0.0644. The van der Waals surface area contributed by atoms with E-state index in [0.717, 1.165) is 0 Å². The number of rotatable bonds is 3. The van der Waals surface area contributed by atoms with E-state index in [0.29, 0.717) is 11.3 Å². The minimum atomic E-state index is -0.623. The lowest BCUT2D eigenvalue weighted by Crippen LogP contribution is -2.12. The summed E-state index contributed by atoms with van der Waals surface area (Å²) in [6, 6.07) is 8.42. The summed E-state index contributed by atoms with van der Waals surface area (Å²) < 4.78 is 0. The zero-order valence-electron chi connectivity index (χ0n) is 11.0. The van der Waals surface area contributed by atoms with Crippen LogP contribution in [-0.4, -0.2) is 15.9 Å². The van der Waals surface area contributed by atoms with Crippen molar-refractivity contribution in [3.05, 3.63) is 62.7 Å². The number of hydrogen-bond donors (Lipinski definition) is 2. The molecule has 0 radical (unpaired) electrons. The smallest absolute Gasteiger partial charge is 0.287 e. The first-order valence-electron chi connectivity index (χ1n) is 5.93. The van der Waals surface area contributed by atoms with E-state index in [4.69, 9.17) is 11.6 Å². The summed E-state index contributed by atoms with van der Waals surface area (Å²) in [6.45, 7) is 1.73. The van der Waals surface area contributed by atoms with E-state index >= 15 is 0 Å². The third-order valence-corrected chi connectivity index (χ3v) is 3.18. The maximum atomic E-state index is 12.0. The van der Waals surface area contributed by atoms with Gasteiger partial charge in [0.25, 0.3) is 11.6 Å². The maximum absolute atomic E-state index is 12.0. The Morgan fingerprint density at radius 1 is 1.29 bits per heavy atom. The summed E-state index contributed by atoms with van der Waals surface area (Å²) >= 11 is 5.76. The largest absolute Gasteiger partial charge is 0.508 e. The van der Waals surface area contributed by atoms with Crippen molar-refractivity contribution >= 4 is 28.9 Å². The van der Waals surface area contributed by atoms with Crippen LogP contribution >= 0.6 is 11.6 Å². The maximum Gasteiger partial charge on any atom is 0.287 e. The van der Waals surface area contributed by atoms with Gasteiger partial charge in [0.15, 0.2) is 0 Å². The second-order valence-corrected chi connectivity index (χ2v) is 4.79. The zero-order chi connectivity index (χ0) is 15.6. The first kappa shape index (κ1) is 14.8. The molecule has 0 bridgehead atoms. The number of nitro benzene ring substituents is 1. The SMILES string of the molecule is Cc1ccc(NC(=O)c2ccc([N+](=O)[O-])c(Cl)c2)cc1O. The fourth-order valence-electron chi connectivity index (χ4n) is 1.69. The number of phenolic OH excluding ortho intramolecular Hbond substituents is 1. The molecule has 0 atom stereocenters. The number of aromatic hydroxyl groups is 1. The van der Waals surface area contributed by atoms with Gasteiger partial charge in [-0.15, -0.1) is 0 Å². The molecule has 108 valence electrons. The number of carbonyl (C=O) groups is 1. The Hall–Kier alpha value is -2.60. The van der Waals surface area contributed by atoms with Gasteiger partial charge in [0.05, 0.1) is 4.92 Å². The Labute approximate surface area is 125 Å². The van der Waals surface area contributed by atoms with Gasteiger partial charge in [-0.05, 0) is 30.7 Å². The molecular weight excluding hydrogens is 296 g/mol. The van der Waals surface area contributed by atoms with Crippen LogP contribution in [0.5, 0.6) is 5.75 Å². The molecule has 1 amide bonds. The van der Waals surface area contributed by atoms with Gasteiger partial charge in [-0.2, -0.15) is 0 Å². The molecule has 2 aromatic carbocycles. The number of aryl methyl sites for hydroxylation is 1. The molecule has 2 N–H and O–H groups in total. The van der Waals surface area contributed by atoms with Crippen LogP contribution in [-0.2, 0) is 0 Å². The topological polar surface area (TPSA) is 92.5 Å². The van der Waals surface area contributed by atoms with Crippen molar-refractivity contribution in [3.8, 4) is 5.75 Å². The predicted molar refractivity (Wildman–Crippen MR) is 78.9 cm³/mol. The van der Waals surface area contributed by atoms with Crippen molar-refractivity contribution in [2.75, 3.05) is 5.32 Å². The van der Waals surface area contributed by atoms with Gasteiger partial charge in [-0.1, -0.05) is 17.7 Å². The normalized spacial score (nSPS) is 10.2. The number of benzene rings is 2. The van der Waals surface area contributed by atoms with Gasteiger partial charge in [0.2, 0.25) is 0 Å². The van der Waals surface area contributed by atoms with E-state index < -0.39 is 10.8 Å². The van der Waals surface area contributed by atoms with Crippen LogP contribution in [0.4, 0.5) is 11.4 Å². The van der Waals surface area contributed by atoms with Crippen molar-refractivity contribution < 1.29 is 14.8 Å². The highest BCUT2D eigenvalue weighted by atomic mass is 35.5. The van der Waals surface area contributed by atoms with Crippen LogP contribution < -0.4 is 5.32 Å². The van der Waals surface area contributed by atoms with Crippen LogP contribution in [0.2, 0.25) is 5.02 Å². The highest BCUT2D eigenvalue weighted by molar-refractivity contribution is 6.33. The molecule has 0 saturated carbocycles. The molecule has 0 spiro atoms. The van der Waals surface area contributed by atoms with Crippen molar-refractivity contribution in [3.63, 3.8) is 0 Å². The number of nitrogens with one attached hydrogen (secondary N) is 1. The number of amides is 1. The molecule has 7 heteroatoms.